The normalized spacial score (nSPS) is 17.4. The molecule has 1 aromatic rings. The standard InChI is InChI=1S/C23H36N4O3/c1-30-17-5-13-26-14-10-21(11-15-26)25-23(29)24-12-4-8-22(28)27-16-9-19-6-2-3-7-20(19)18-27/h2-3,6-7,21H,4-5,8-18H2,1H3,(H2,24,25,29). The van der Waals surface area contributed by atoms with Gasteiger partial charge in [0.25, 0.3) is 0 Å². The number of nitrogens with zero attached hydrogens (tertiary/aromatic N) is 2. The summed E-state index contributed by atoms with van der Waals surface area (Å²) < 4.78 is 5.10. The molecule has 0 atom stereocenters. The highest BCUT2D eigenvalue weighted by atomic mass is 16.5. The van der Waals surface area contributed by atoms with Crippen molar-refractivity contribution < 1.29 is 14.3 Å². The molecule has 0 aliphatic carbocycles. The maximum Gasteiger partial charge on any atom is 0.315 e. The number of fused-ring (bicyclic) bond motifs is 1. The Hall–Kier alpha value is -2.12. The number of methoxy groups -OCH3 is 1. The third kappa shape index (κ3) is 6.99. The van der Waals surface area contributed by atoms with Crippen LogP contribution in [0.2, 0.25) is 0 Å². The second-order valence-electron chi connectivity index (χ2n) is 8.30. The fourth-order valence-corrected chi connectivity index (χ4v) is 4.28. The molecule has 2 N–H and O–H groups in total. The number of carbonyl (C=O) groups is 2. The zero-order chi connectivity index (χ0) is 21.2. The van der Waals surface area contributed by atoms with Crippen LogP contribution >= 0.6 is 0 Å². The molecule has 2 heterocycles. The highest BCUT2D eigenvalue weighted by molar-refractivity contribution is 5.77. The molecule has 7 heteroatoms. The minimum Gasteiger partial charge on any atom is -0.385 e. The summed E-state index contributed by atoms with van der Waals surface area (Å²) in [4.78, 5) is 29.0. The van der Waals surface area contributed by atoms with Gasteiger partial charge in [0, 0.05) is 65.4 Å². The lowest BCUT2D eigenvalue weighted by Crippen LogP contribution is -2.48. The van der Waals surface area contributed by atoms with Gasteiger partial charge in [0.1, 0.15) is 0 Å². The van der Waals surface area contributed by atoms with E-state index in [1.54, 1.807) is 7.11 Å². The highest BCUT2D eigenvalue weighted by Gasteiger charge is 2.21. The van der Waals surface area contributed by atoms with Crippen molar-refractivity contribution in [1.82, 2.24) is 20.4 Å². The smallest absolute Gasteiger partial charge is 0.315 e. The van der Waals surface area contributed by atoms with Gasteiger partial charge in [-0.25, -0.2) is 4.79 Å². The van der Waals surface area contributed by atoms with Crippen LogP contribution < -0.4 is 10.6 Å². The van der Waals surface area contributed by atoms with E-state index in [1.165, 1.54) is 11.1 Å². The molecule has 1 aromatic carbocycles. The number of benzene rings is 1. The first kappa shape index (κ1) is 22.6. The number of hydrogen-bond donors (Lipinski definition) is 2. The lowest BCUT2D eigenvalue weighted by molar-refractivity contribution is -0.132. The van der Waals surface area contributed by atoms with Crippen LogP contribution in [0.15, 0.2) is 24.3 Å². The van der Waals surface area contributed by atoms with E-state index in [2.05, 4.69) is 33.7 Å². The number of nitrogens with one attached hydrogen (secondary N) is 2. The number of piperidine rings is 1. The molecule has 0 bridgehead atoms. The largest absolute Gasteiger partial charge is 0.385 e. The van der Waals surface area contributed by atoms with E-state index in [0.29, 0.717) is 25.9 Å². The number of carbonyl (C=O) groups excluding carboxylic acids is 2. The fourth-order valence-electron chi connectivity index (χ4n) is 4.28. The third-order valence-electron chi connectivity index (χ3n) is 6.08. The summed E-state index contributed by atoms with van der Waals surface area (Å²) in [5.74, 6) is 0.174. The average Bonchev–Trinajstić information content (AvgIpc) is 2.77. The Kier molecular flexibility index (Phi) is 8.96. The molecule has 0 unspecified atom stereocenters. The average molecular weight is 417 g/mol. The van der Waals surface area contributed by atoms with Gasteiger partial charge < -0.3 is 25.2 Å². The molecule has 3 rings (SSSR count). The second-order valence-corrected chi connectivity index (χ2v) is 8.30. The quantitative estimate of drug-likeness (QED) is 0.605. The molecule has 1 fully saturated rings. The SMILES string of the molecule is COCCCN1CCC(NC(=O)NCCCC(=O)N2CCc3ccccc3C2)CC1. The van der Waals surface area contributed by atoms with Gasteiger partial charge >= 0.3 is 6.03 Å². The van der Waals surface area contributed by atoms with Crippen LogP contribution in [0.5, 0.6) is 0 Å². The van der Waals surface area contributed by atoms with Gasteiger partial charge in [-0.05, 0) is 43.2 Å². The number of likely N-dealkylation sites (tertiary alicyclic amines) is 1. The molecule has 0 aromatic heterocycles. The van der Waals surface area contributed by atoms with Gasteiger partial charge in [-0.3, -0.25) is 4.79 Å². The molecule has 1 saturated heterocycles. The zero-order valence-corrected chi connectivity index (χ0v) is 18.2. The molecule has 7 nitrogen and oxygen atoms in total. The summed E-state index contributed by atoms with van der Waals surface area (Å²) in [7, 11) is 1.73. The van der Waals surface area contributed by atoms with Gasteiger partial charge in [-0.15, -0.1) is 0 Å². The zero-order valence-electron chi connectivity index (χ0n) is 18.2. The van der Waals surface area contributed by atoms with E-state index in [0.717, 1.165) is 58.5 Å². The second kappa shape index (κ2) is 11.9. The van der Waals surface area contributed by atoms with Crippen molar-refractivity contribution in [2.45, 2.75) is 51.1 Å². The minimum absolute atomic E-state index is 0.118. The Bertz CT molecular complexity index is 689. The Balaban J connectivity index is 1.25. The summed E-state index contributed by atoms with van der Waals surface area (Å²) in [6.45, 7) is 5.90. The molecular formula is C23H36N4O3. The van der Waals surface area contributed by atoms with E-state index in [9.17, 15) is 9.59 Å². The van der Waals surface area contributed by atoms with Gasteiger partial charge in [-0.1, -0.05) is 24.3 Å². The molecule has 2 aliphatic heterocycles. The van der Waals surface area contributed by atoms with E-state index >= 15 is 0 Å². The molecule has 0 saturated carbocycles. The Morgan fingerprint density at radius 3 is 2.63 bits per heavy atom. The Labute approximate surface area is 180 Å². The van der Waals surface area contributed by atoms with E-state index in [1.807, 2.05) is 11.0 Å². The monoisotopic (exact) mass is 416 g/mol. The van der Waals surface area contributed by atoms with Crippen LogP contribution in [0.25, 0.3) is 0 Å². The highest BCUT2D eigenvalue weighted by Crippen LogP contribution is 2.19. The van der Waals surface area contributed by atoms with Crippen LogP contribution in [0.4, 0.5) is 4.79 Å². The first-order valence-electron chi connectivity index (χ1n) is 11.3. The van der Waals surface area contributed by atoms with Crippen LogP contribution in [0, 0.1) is 0 Å². The van der Waals surface area contributed by atoms with Crippen LogP contribution in [0.3, 0.4) is 0 Å². The topological polar surface area (TPSA) is 73.9 Å². The van der Waals surface area contributed by atoms with Gasteiger partial charge in [0.15, 0.2) is 0 Å². The van der Waals surface area contributed by atoms with Crippen molar-refractivity contribution in [2.75, 3.05) is 46.4 Å². The van der Waals surface area contributed by atoms with Gasteiger partial charge in [0.2, 0.25) is 5.91 Å². The molecule has 166 valence electrons. The van der Waals surface area contributed by atoms with Gasteiger partial charge in [0.05, 0.1) is 0 Å². The van der Waals surface area contributed by atoms with Crippen molar-refractivity contribution in [1.29, 1.82) is 0 Å². The first-order valence-corrected chi connectivity index (χ1v) is 11.3. The fraction of sp³-hybridized carbons (Fsp3) is 0.652. The lowest BCUT2D eigenvalue weighted by atomic mass is 9.99. The number of amides is 3. The van der Waals surface area contributed by atoms with Crippen molar-refractivity contribution in [3.63, 3.8) is 0 Å². The summed E-state index contributed by atoms with van der Waals surface area (Å²) in [5.41, 5.74) is 2.60. The van der Waals surface area contributed by atoms with E-state index in [4.69, 9.17) is 4.74 Å². The van der Waals surface area contributed by atoms with Crippen LogP contribution in [-0.2, 0) is 22.5 Å². The molecule has 0 spiro atoms. The summed E-state index contributed by atoms with van der Waals surface area (Å²) in [5, 5.41) is 5.98. The summed E-state index contributed by atoms with van der Waals surface area (Å²) in [6.07, 6.45) is 5.08. The summed E-state index contributed by atoms with van der Waals surface area (Å²) in [6, 6.07) is 8.45. The number of urea groups is 1. The van der Waals surface area contributed by atoms with E-state index < -0.39 is 0 Å². The maximum absolute atomic E-state index is 12.5. The summed E-state index contributed by atoms with van der Waals surface area (Å²) >= 11 is 0. The van der Waals surface area contributed by atoms with Crippen molar-refractivity contribution >= 4 is 11.9 Å². The Morgan fingerprint density at radius 2 is 1.87 bits per heavy atom. The molecule has 0 radical (unpaired) electrons. The maximum atomic E-state index is 12.5. The van der Waals surface area contributed by atoms with Crippen LogP contribution in [-0.4, -0.2) is 74.2 Å². The Morgan fingerprint density at radius 1 is 1.10 bits per heavy atom. The van der Waals surface area contributed by atoms with Crippen molar-refractivity contribution in [3.05, 3.63) is 35.4 Å². The van der Waals surface area contributed by atoms with Crippen LogP contribution in [0.1, 0.15) is 43.2 Å². The number of ether oxygens (including phenoxy) is 1. The van der Waals surface area contributed by atoms with E-state index in [-0.39, 0.29) is 18.0 Å². The molecule has 3 amide bonds. The lowest BCUT2D eigenvalue weighted by Gasteiger charge is -2.32. The molecule has 2 aliphatic rings. The number of hydrogen-bond acceptors (Lipinski definition) is 4. The number of rotatable bonds is 9. The molecular weight excluding hydrogens is 380 g/mol. The molecule has 30 heavy (non-hydrogen) atoms. The minimum atomic E-state index is -0.118. The van der Waals surface area contributed by atoms with Crippen molar-refractivity contribution in [3.8, 4) is 0 Å². The predicted molar refractivity (Wildman–Crippen MR) is 117 cm³/mol. The van der Waals surface area contributed by atoms with Gasteiger partial charge in [-0.2, -0.15) is 0 Å². The first-order chi connectivity index (χ1) is 14.7. The van der Waals surface area contributed by atoms with Crippen molar-refractivity contribution in [2.24, 2.45) is 0 Å². The third-order valence-corrected chi connectivity index (χ3v) is 6.08. The predicted octanol–water partition coefficient (Wildman–Crippen LogP) is 2.15.